The lowest BCUT2D eigenvalue weighted by Gasteiger charge is -2.15. The standard InChI is InChI=1S/C19H20ClNO4S/c1-2-24-17-9-13(18-21-15(11-26-18)19(22)23)5-8-16(17)25-10-12-3-6-14(20)7-4-12/h3-9,15,18,21H,2,10-11H2,1H3,(H,22,23)/t15-,18+/m0/s1. The Bertz CT molecular complexity index is 769. The molecule has 0 spiro atoms. The van der Waals surface area contributed by atoms with Crippen LogP contribution in [0.15, 0.2) is 42.5 Å². The van der Waals surface area contributed by atoms with Gasteiger partial charge in [0.25, 0.3) is 0 Å². The number of carbonyl (C=O) groups is 1. The van der Waals surface area contributed by atoms with E-state index in [2.05, 4.69) is 0 Å². The molecule has 2 N–H and O–H groups in total. The minimum Gasteiger partial charge on any atom is -0.544 e. The van der Waals surface area contributed by atoms with Gasteiger partial charge in [-0.15, -0.1) is 0 Å². The van der Waals surface area contributed by atoms with Crippen LogP contribution in [-0.4, -0.2) is 24.4 Å². The van der Waals surface area contributed by atoms with Gasteiger partial charge in [-0.1, -0.05) is 35.5 Å². The molecule has 2 aromatic carbocycles. The van der Waals surface area contributed by atoms with Crippen LogP contribution in [0.3, 0.4) is 0 Å². The summed E-state index contributed by atoms with van der Waals surface area (Å²) < 4.78 is 11.6. The molecule has 2 atom stereocenters. The lowest BCUT2D eigenvalue weighted by molar-refractivity contribution is -0.690. The van der Waals surface area contributed by atoms with E-state index in [0.717, 1.165) is 11.1 Å². The van der Waals surface area contributed by atoms with Crippen molar-refractivity contribution in [1.29, 1.82) is 0 Å². The van der Waals surface area contributed by atoms with Gasteiger partial charge >= 0.3 is 0 Å². The van der Waals surface area contributed by atoms with Gasteiger partial charge in [0.05, 0.1) is 12.4 Å². The van der Waals surface area contributed by atoms with Gasteiger partial charge in [0.15, 0.2) is 16.9 Å². The van der Waals surface area contributed by atoms with Crippen molar-refractivity contribution in [1.82, 2.24) is 0 Å². The smallest absolute Gasteiger partial charge is 0.161 e. The number of benzene rings is 2. The highest BCUT2D eigenvalue weighted by Crippen LogP contribution is 2.35. The average Bonchev–Trinajstić information content (AvgIpc) is 3.13. The Hall–Kier alpha value is -1.89. The van der Waals surface area contributed by atoms with E-state index in [-0.39, 0.29) is 5.37 Å². The maximum Gasteiger partial charge on any atom is 0.161 e. The van der Waals surface area contributed by atoms with Gasteiger partial charge in [-0.05, 0) is 42.8 Å². The summed E-state index contributed by atoms with van der Waals surface area (Å²) >= 11 is 7.49. The van der Waals surface area contributed by atoms with E-state index in [1.165, 1.54) is 0 Å². The Balaban J connectivity index is 1.72. The van der Waals surface area contributed by atoms with Gasteiger partial charge in [-0.3, -0.25) is 0 Å². The number of carboxylic acid groups (broad SMARTS) is 1. The largest absolute Gasteiger partial charge is 0.544 e. The fourth-order valence-corrected chi connectivity index (χ4v) is 4.14. The Kier molecular flexibility index (Phi) is 6.29. The first-order valence-corrected chi connectivity index (χ1v) is 9.81. The van der Waals surface area contributed by atoms with Crippen LogP contribution in [0.2, 0.25) is 5.02 Å². The molecule has 0 bridgehead atoms. The number of nitrogens with two attached hydrogens (primary N) is 1. The molecular weight excluding hydrogens is 374 g/mol. The first-order chi connectivity index (χ1) is 12.6. The predicted octanol–water partition coefficient (Wildman–Crippen LogP) is 1.75. The minimum absolute atomic E-state index is 0.0161. The molecule has 2 aromatic rings. The molecule has 0 aliphatic carbocycles. The fraction of sp³-hybridized carbons (Fsp3) is 0.316. The zero-order chi connectivity index (χ0) is 18.5. The highest BCUT2D eigenvalue weighted by atomic mass is 35.5. The summed E-state index contributed by atoms with van der Waals surface area (Å²) in [7, 11) is 0. The highest BCUT2D eigenvalue weighted by molar-refractivity contribution is 7.99. The molecule has 1 saturated heterocycles. The highest BCUT2D eigenvalue weighted by Gasteiger charge is 2.31. The fourth-order valence-electron chi connectivity index (χ4n) is 2.71. The number of carbonyl (C=O) groups excluding carboxylic acids is 1. The monoisotopic (exact) mass is 393 g/mol. The van der Waals surface area contributed by atoms with Gasteiger partial charge in [0.1, 0.15) is 18.6 Å². The summed E-state index contributed by atoms with van der Waals surface area (Å²) in [4.78, 5) is 11.0. The number of carboxylic acids is 1. The van der Waals surface area contributed by atoms with Crippen LogP contribution in [0.1, 0.15) is 23.4 Å². The molecule has 1 heterocycles. The van der Waals surface area contributed by atoms with Crippen molar-refractivity contribution >= 4 is 29.3 Å². The van der Waals surface area contributed by atoms with E-state index in [1.807, 2.05) is 54.7 Å². The van der Waals surface area contributed by atoms with E-state index in [0.29, 0.717) is 35.5 Å². The van der Waals surface area contributed by atoms with Crippen molar-refractivity contribution in [2.75, 3.05) is 12.4 Å². The van der Waals surface area contributed by atoms with Crippen LogP contribution in [0.4, 0.5) is 0 Å². The average molecular weight is 394 g/mol. The van der Waals surface area contributed by atoms with Crippen LogP contribution in [0.5, 0.6) is 11.5 Å². The molecule has 5 nitrogen and oxygen atoms in total. The summed E-state index contributed by atoms with van der Waals surface area (Å²) in [5, 5.41) is 13.6. The number of rotatable bonds is 7. The third-order valence-electron chi connectivity index (χ3n) is 4.07. The normalized spacial score (nSPS) is 19.3. The van der Waals surface area contributed by atoms with Crippen molar-refractivity contribution < 1.29 is 24.7 Å². The number of halogens is 1. The van der Waals surface area contributed by atoms with Crippen molar-refractivity contribution in [2.24, 2.45) is 0 Å². The molecule has 7 heteroatoms. The van der Waals surface area contributed by atoms with Crippen LogP contribution < -0.4 is 19.9 Å². The molecule has 0 amide bonds. The third kappa shape index (κ3) is 4.63. The maximum absolute atomic E-state index is 11.0. The van der Waals surface area contributed by atoms with Crippen LogP contribution in [0, 0.1) is 0 Å². The number of quaternary nitrogens is 1. The molecular formula is C19H20ClNO4S. The second-order valence-electron chi connectivity index (χ2n) is 5.93. The minimum atomic E-state index is -1.02. The molecule has 1 fully saturated rings. The first-order valence-electron chi connectivity index (χ1n) is 8.38. The van der Waals surface area contributed by atoms with Gasteiger partial charge in [0.2, 0.25) is 0 Å². The summed E-state index contributed by atoms with van der Waals surface area (Å²) in [6.45, 7) is 2.84. The van der Waals surface area contributed by atoms with Crippen LogP contribution in [0.25, 0.3) is 0 Å². The molecule has 0 unspecified atom stereocenters. The summed E-state index contributed by atoms with van der Waals surface area (Å²) in [5.41, 5.74) is 2.01. The third-order valence-corrected chi connectivity index (χ3v) is 5.66. The first kappa shape index (κ1) is 18.9. The summed E-state index contributed by atoms with van der Waals surface area (Å²) in [6.07, 6.45) is 0. The Morgan fingerprint density at radius 3 is 2.65 bits per heavy atom. The van der Waals surface area contributed by atoms with Crippen molar-refractivity contribution in [3.63, 3.8) is 0 Å². The molecule has 0 aromatic heterocycles. The molecule has 3 rings (SSSR count). The van der Waals surface area contributed by atoms with Crippen LogP contribution >= 0.6 is 23.4 Å². The predicted molar refractivity (Wildman–Crippen MR) is 99.3 cm³/mol. The van der Waals surface area contributed by atoms with Crippen LogP contribution in [-0.2, 0) is 11.4 Å². The van der Waals surface area contributed by atoms with Crippen molar-refractivity contribution in [3.05, 3.63) is 58.6 Å². The number of thioether (sulfide) groups is 1. The second-order valence-corrected chi connectivity index (χ2v) is 7.54. The second kappa shape index (κ2) is 8.66. The van der Waals surface area contributed by atoms with E-state index in [9.17, 15) is 9.90 Å². The number of ether oxygens (including phenoxy) is 2. The van der Waals surface area contributed by atoms with E-state index >= 15 is 0 Å². The lowest BCUT2D eigenvalue weighted by Crippen LogP contribution is -2.90. The topological polar surface area (TPSA) is 75.2 Å². The number of hydrogen-bond donors (Lipinski definition) is 1. The SMILES string of the molecule is CCOc1cc([C@@H]2[NH2+][C@H](C(=O)[O-])CS2)ccc1OCc1ccc(Cl)cc1. The summed E-state index contributed by atoms with van der Waals surface area (Å²) in [6, 6.07) is 12.7. The quantitative estimate of drug-likeness (QED) is 0.775. The summed E-state index contributed by atoms with van der Waals surface area (Å²) in [5.74, 6) is 0.828. The van der Waals surface area contributed by atoms with Crippen molar-refractivity contribution in [3.8, 4) is 11.5 Å². The maximum atomic E-state index is 11.0. The molecule has 0 saturated carbocycles. The lowest BCUT2D eigenvalue weighted by atomic mass is 10.2. The van der Waals surface area contributed by atoms with E-state index in [1.54, 1.807) is 11.8 Å². The Labute approximate surface area is 161 Å². The van der Waals surface area contributed by atoms with Gasteiger partial charge < -0.3 is 24.7 Å². The van der Waals surface area contributed by atoms with Crippen molar-refractivity contribution in [2.45, 2.75) is 24.9 Å². The Morgan fingerprint density at radius 1 is 1.23 bits per heavy atom. The number of hydrogen-bond acceptors (Lipinski definition) is 5. The molecule has 138 valence electrons. The number of aliphatic carboxylic acids is 1. The van der Waals surface area contributed by atoms with E-state index in [4.69, 9.17) is 21.1 Å². The molecule has 1 aliphatic heterocycles. The van der Waals surface area contributed by atoms with E-state index < -0.39 is 12.0 Å². The molecule has 1 aliphatic rings. The van der Waals surface area contributed by atoms with Gasteiger partial charge in [-0.2, -0.15) is 0 Å². The zero-order valence-electron chi connectivity index (χ0n) is 14.3. The van der Waals surface area contributed by atoms with Gasteiger partial charge in [0, 0.05) is 10.6 Å². The molecule has 0 radical (unpaired) electrons. The zero-order valence-corrected chi connectivity index (χ0v) is 15.9. The Morgan fingerprint density at radius 2 is 2.00 bits per heavy atom. The molecule has 26 heavy (non-hydrogen) atoms. The van der Waals surface area contributed by atoms with Gasteiger partial charge in [-0.25, -0.2) is 0 Å².